The van der Waals surface area contributed by atoms with Crippen molar-refractivity contribution < 1.29 is 32.4 Å². The summed E-state index contributed by atoms with van der Waals surface area (Å²) in [6.07, 6.45) is -4.94. The predicted molar refractivity (Wildman–Crippen MR) is 70.6 cm³/mol. The number of pyridine rings is 1. The molecule has 0 aromatic carbocycles. The van der Waals surface area contributed by atoms with Crippen LogP contribution in [-0.2, 0) is 16.0 Å². The first-order chi connectivity index (χ1) is 9.65. The van der Waals surface area contributed by atoms with Gasteiger partial charge in [-0.1, -0.05) is 0 Å². The van der Waals surface area contributed by atoms with Crippen LogP contribution in [0.15, 0.2) is 6.20 Å². The van der Waals surface area contributed by atoms with E-state index in [1.807, 2.05) is 0 Å². The molecule has 0 aliphatic rings. The van der Waals surface area contributed by atoms with Crippen LogP contribution in [-0.4, -0.2) is 28.8 Å². The average molecular weight is 420 g/mol. The normalized spacial score (nSPS) is 11.1. The summed E-state index contributed by atoms with van der Waals surface area (Å²) in [5, 5.41) is 10.9. The van der Waals surface area contributed by atoms with Crippen molar-refractivity contribution in [1.82, 2.24) is 4.98 Å². The zero-order chi connectivity index (χ0) is 16.2. The van der Waals surface area contributed by atoms with Gasteiger partial charge in [-0.2, -0.15) is 0 Å². The zero-order valence-electron chi connectivity index (χ0n) is 10.4. The van der Waals surface area contributed by atoms with Gasteiger partial charge < -0.3 is 9.47 Å². The fraction of sp³-hybridized carbons (Fsp3) is 0.400. The summed E-state index contributed by atoms with van der Waals surface area (Å²) in [5.41, 5.74) is -0.824. The molecule has 0 radical (unpaired) electrons. The minimum atomic E-state index is -5.00. The zero-order valence-corrected chi connectivity index (χ0v) is 12.6. The van der Waals surface area contributed by atoms with Crippen LogP contribution in [0, 0.1) is 13.7 Å². The van der Waals surface area contributed by atoms with Gasteiger partial charge >= 0.3 is 12.3 Å². The van der Waals surface area contributed by atoms with Crippen LogP contribution in [0.25, 0.3) is 0 Å². The Hall–Kier alpha value is -1.66. The Morgan fingerprint density at radius 1 is 1.52 bits per heavy atom. The second-order valence-electron chi connectivity index (χ2n) is 3.53. The maximum atomic E-state index is 12.2. The molecule has 116 valence electrons. The Bertz CT molecular complexity index is 564. The van der Waals surface area contributed by atoms with Crippen LogP contribution in [0.3, 0.4) is 0 Å². The summed E-state index contributed by atoms with van der Waals surface area (Å²) < 4.78 is 44.6. The van der Waals surface area contributed by atoms with Gasteiger partial charge in [0.15, 0.2) is 0 Å². The third-order valence-corrected chi connectivity index (χ3v) is 3.21. The summed E-state index contributed by atoms with van der Waals surface area (Å²) >= 11 is 1.40. The van der Waals surface area contributed by atoms with Gasteiger partial charge in [-0.05, 0) is 29.5 Å². The summed E-state index contributed by atoms with van der Waals surface area (Å²) in [5.74, 6) is -1.66. The van der Waals surface area contributed by atoms with E-state index in [-0.39, 0.29) is 15.7 Å². The number of rotatable bonds is 5. The van der Waals surface area contributed by atoms with Gasteiger partial charge in [-0.3, -0.25) is 14.9 Å². The molecule has 11 heteroatoms. The lowest BCUT2D eigenvalue weighted by atomic mass is 10.1. The van der Waals surface area contributed by atoms with Crippen molar-refractivity contribution in [3.8, 4) is 5.88 Å². The third-order valence-electron chi connectivity index (χ3n) is 2.10. The van der Waals surface area contributed by atoms with Crippen LogP contribution in [0.4, 0.5) is 18.9 Å². The lowest BCUT2D eigenvalue weighted by molar-refractivity contribution is -0.386. The first kappa shape index (κ1) is 17.4. The standard InChI is InChI=1S/C10H8F3IN2O5/c1-2-20-7(17)3-5-6(16(18)19)4-15-9(8(5)14)21-10(11,12)13/h4H,2-3H2,1H3. The lowest BCUT2D eigenvalue weighted by Gasteiger charge is -2.12. The number of alkyl halides is 3. The van der Waals surface area contributed by atoms with Crippen LogP contribution in [0.2, 0.25) is 0 Å². The van der Waals surface area contributed by atoms with E-state index in [2.05, 4.69) is 14.5 Å². The maximum absolute atomic E-state index is 12.2. The molecule has 0 bridgehead atoms. The van der Waals surface area contributed by atoms with E-state index in [0.29, 0.717) is 6.20 Å². The number of hydrogen-bond donors (Lipinski definition) is 0. The Balaban J connectivity index is 3.24. The minimum Gasteiger partial charge on any atom is -0.466 e. The van der Waals surface area contributed by atoms with Crippen molar-refractivity contribution >= 4 is 34.2 Å². The smallest absolute Gasteiger partial charge is 0.466 e. The molecular formula is C10H8F3IN2O5. The van der Waals surface area contributed by atoms with E-state index in [1.54, 1.807) is 0 Å². The van der Waals surface area contributed by atoms with E-state index >= 15 is 0 Å². The fourth-order valence-electron chi connectivity index (χ4n) is 1.36. The summed E-state index contributed by atoms with van der Waals surface area (Å²) in [7, 11) is 0. The van der Waals surface area contributed by atoms with Gasteiger partial charge in [0.25, 0.3) is 5.69 Å². The molecule has 0 spiro atoms. The number of nitrogens with zero attached hydrogens (tertiary/aromatic N) is 2. The first-order valence-electron chi connectivity index (χ1n) is 5.38. The van der Waals surface area contributed by atoms with Gasteiger partial charge in [0.1, 0.15) is 6.20 Å². The van der Waals surface area contributed by atoms with Gasteiger partial charge in [0, 0.05) is 0 Å². The molecule has 7 nitrogen and oxygen atoms in total. The van der Waals surface area contributed by atoms with E-state index < -0.39 is 35.2 Å². The van der Waals surface area contributed by atoms with Crippen molar-refractivity contribution in [2.24, 2.45) is 0 Å². The quantitative estimate of drug-likeness (QED) is 0.315. The van der Waals surface area contributed by atoms with Crippen molar-refractivity contribution in [1.29, 1.82) is 0 Å². The largest absolute Gasteiger partial charge is 0.574 e. The number of hydrogen-bond acceptors (Lipinski definition) is 6. The van der Waals surface area contributed by atoms with Crippen molar-refractivity contribution in [3.63, 3.8) is 0 Å². The summed E-state index contributed by atoms with van der Waals surface area (Å²) in [4.78, 5) is 24.7. The number of ether oxygens (including phenoxy) is 2. The van der Waals surface area contributed by atoms with Crippen molar-refractivity contribution in [2.45, 2.75) is 19.7 Å². The number of nitro groups is 1. The molecule has 0 N–H and O–H groups in total. The van der Waals surface area contributed by atoms with Crippen LogP contribution >= 0.6 is 22.6 Å². The molecule has 1 rings (SSSR count). The van der Waals surface area contributed by atoms with Gasteiger partial charge in [0.2, 0.25) is 5.88 Å². The van der Waals surface area contributed by atoms with Gasteiger partial charge in [-0.25, -0.2) is 4.98 Å². The molecule has 0 saturated carbocycles. The monoisotopic (exact) mass is 420 g/mol. The fourth-order valence-corrected chi connectivity index (χ4v) is 2.07. The number of aromatic nitrogens is 1. The minimum absolute atomic E-state index is 0.0419. The Kier molecular flexibility index (Phi) is 5.69. The Morgan fingerprint density at radius 3 is 2.62 bits per heavy atom. The molecular weight excluding hydrogens is 412 g/mol. The second-order valence-corrected chi connectivity index (χ2v) is 4.61. The molecule has 0 aliphatic carbocycles. The van der Waals surface area contributed by atoms with E-state index in [9.17, 15) is 28.1 Å². The molecule has 0 saturated heterocycles. The molecule has 0 atom stereocenters. The predicted octanol–water partition coefficient (Wildman–Crippen LogP) is 2.60. The number of carbonyl (C=O) groups is 1. The van der Waals surface area contributed by atoms with Crippen LogP contribution in [0.5, 0.6) is 5.88 Å². The topological polar surface area (TPSA) is 91.6 Å². The molecule has 0 unspecified atom stereocenters. The van der Waals surface area contributed by atoms with Crippen molar-refractivity contribution in [2.75, 3.05) is 6.61 Å². The third kappa shape index (κ3) is 4.99. The van der Waals surface area contributed by atoms with Crippen molar-refractivity contribution in [3.05, 3.63) is 25.4 Å². The summed E-state index contributed by atoms with van der Waals surface area (Å²) in [6.45, 7) is 1.57. The molecule has 0 amide bonds. The van der Waals surface area contributed by atoms with Crippen LogP contribution < -0.4 is 4.74 Å². The second kappa shape index (κ2) is 6.87. The highest BCUT2D eigenvalue weighted by molar-refractivity contribution is 14.1. The number of carbonyl (C=O) groups excluding carboxylic acids is 1. The highest BCUT2D eigenvalue weighted by atomic mass is 127. The number of halogens is 4. The maximum Gasteiger partial charge on any atom is 0.574 e. The Morgan fingerprint density at radius 2 is 2.14 bits per heavy atom. The molecule has 1 aromatic heterocycles. The van der Waals surface area contributed by atoms with E-state index in [0.717, 1.165) is 0 Å². The molecule has 21 heavy (non-hydrogen) atoms. The van der Waals surface area contributed by atoms with E-state index in [1.165, 1.54) is 29.5 Å². The Labute approximate surface area is 129 Å². The molecule has 0 aliphatic heterocycles. The lowest BCUT2D eigenvalue weighted by Crippen LogP contribution is -2.20. The number of esters is 1. The SMILES string of the molecule is CCOC(=O)Cc1c([N+](=O)[O-])cnc(OC(F)(F)F)c1I. The highest BCUT2D eigenvalue weighted by Crippen LogP contribution is 2.32. The van der Waals surface area contributed by atoms with E-state index in [4.69, 9.17) is 0 Å². The molecule has 1 heterocycles. The summed E-state index contributed by atoms with van der Waals surface area (Å²) in [6, 6.07) is 0. The highest BCUT2D eigenvalue weighted by Gasteiger charge is 2.34. The molecule has 1 aromatic rings. The van der Waals surface area contributed by atoms with Gasteiger partial charge in [0.05, 0.1) is 27.1 Å². The molecule has 0 fully saturated rings. The first-order valence-corrected chi connectivity index (χ1v) is 6.46. The van der Waals surface area contributed by atoms with Gasteiger partial charge in [-0.15, -0.1) is 13.2 Å². The van der Waals surface area contributed by atoms with Crippen LogP contribution in [0.1, 0.15) is 12.5 Å². The average Bonchev–Trinajstić information content (AvgIpc) is 2.32.